The molecule has 2 nitrogen and oxygen atoms in total. The summed E-state index contributed by atoms with van der Waals surface area (Å²) in [5, 5.41) is -0.364. The van der Waals surface area contributed by atoms with Crippen LogP contribution in [0, 0.1) is 0 Å². The van der Waals surface area contributed by atoms with Crippen molar-refractivity contribution in [1.82, 2.24) is 4.98 Å². The second-order valence-corrected chi connectivity index (χ2v) is 3.88. The third-order valence-corrected chi connectivity index (χ3v) is 2.72. The highest BCUT2D eigenvalue weighted by Crippen LogP contribution is 2.29. The van der Waals surface area contributed by atoms with Crippen LogP contribution in [0.25, 0.3) is 11.1 Å². The van der Waals surface area contributed by atoms with E-state index in [0.29, 0.717) is 0 Å². The molecular weight excluding hydrogens is 245 g/mol. The molecule has 4 heteroatoms. The molecule has 0 saturated carbocycles. The zero-order chi connectivity index (χ0) is 11.5. The second-order valence-electron chi connectivity index (χ2n) is 3.16. The molecule has 0 atom stereocenters. The smallest absolute Gasteiger partial charge is 0.272 e. The van der Waals surface area contributed by atoms with Crippen LogP contribution in [-0.2, 0) is 0 Å². The number of aromatic nitrogens is 1. The summed E-state index contributed by atoms with van der Waals surface area (Å²) in [4.78, 5) is 14.9. The van der Waals surface area contributed by atoms with Gasteiger partial charge in [0.2, 0.25) is 0 Å². The number of pyridine rings is 1. The van der Waals surface area contributed by atoms with Gasteiger partial charge in [-0.15, -0.1) is 0 Å². The van der Waals surface area contributed by atoms with Crippen LogP contribution in [0.5, 0.6) is 0 Å². The number of carbonyl (C=O) groups is 1. The van der Waals surface area contributed by atoms with Gasteiger partial charge < -0.3 is 0 Å². The Labute approximate surface area is 103 Å². The molecule has 0 aliphatic carbocycles. The van der Waals surface area contributed by atoms with Crippen LogP contribution in [0.3, 0.4) is 0 Å². The maximum Gasteiger partial charge on any atom is 0.272 e. The van der Waals surface area contributed by atoms with Crippen LogP contribution in [0.1, 0.15) is 10.5 Å². The minimum Gasteiger partial charge on any atom is -0.274 e. The van der Waals surface area contributed by atoms with E-state index in [9.17, 15) is 4.79 Å². The first-order valence-electron chi connectivity index (χ1n) is 4.60. The molecule has 0 aliphatic heterocycles. The number of benzene rings is 1. The standard InChI is InChI=1S/C12H7Cl2NO/c13-10-9(8-4-2-1-3-5-8)6-7-15-11(10)12(14)16/h1-7H. The van der Waals surface area contributed by atoms with Gasteiger partial charge in [0.05, 0.1) is 5.02 Å². The molecule has 0 amide bonds. The van der Waals surface area contributed by atoms with E-state index in [4.69, 9.17) is 23.2 Å². The zero-order valence-electron chi connectivity index (χ0n) is 8.15. The van der Waals surface area contributed by atoms with Crippen LogP contribution in [0.15, 0.2) is 42.6 Å². The number of carbonyl (C=O) groups excluding carboxylic acids is 1. The van der Waals surface area contributed by atoms with E-state index in [1.807, 2.05) is 30.3 Å². The lowest BCUT2D eigenvalue weighted by molar-refractivity contribution is 0.107. The number of halogens is 2. The first kappa shape index (κ1) is 11.1. The van der Waals surface area contributed by atoms with Crippen LogP contribution in [0.4, 0.5) is 0 Å². The van der Waals surface area contributed by atoms with Gasteiger partial charge in [0.1, 0.15) is 5.69 Å². The largest absolute Gasteiger partial charge is 0.274 e. The Kier molecular flexibility index (Phi) is 3.22. The Morgan fingerprint density at radius 2 is 1.81 bits per heavy atom. The van der Waals surface area contributed by atoms with Gasteiger partial charge in [-0.05, 0) is 23.2 Å². The van der Waals surface area contributed by atoms with Gasteiger partial charge in [-0.3, -0.25) is 9.78 Å². The molecule has 1 heterocycles. The molecule has 0 radical (unpaired) electrons. The van der Waals surface area contributed by atoms with E-state index < -0.39 is 5.24 Å². The van der Waals surface area contributed by atoms with Gasteiger partial charge in [0.25, 0.3) is 5.24 Å². The molecule has 0 spiro atoms. The average molecular weight is 252 g/mol. The van der Waals surface area contributed by atoms with E-state index in [-0.39, 0.29) is 10.7 Å². The Hall–Kier alpha value is -1.38. The molecule has 1 aromatic heterocycles. The maximum atomic E-state index is 11.1. The van der Waals surface area contributed by atoms with Crippen molar-refractivity contribution in [2.45, 2.75) is 0 Å². The Morgan fingerprint density at radius 1 is 1.12 bits per heavy atom. The van der Waals surface area contributed by atoms with Crippen molar-refractivity contribution in [3.8, 4) is 11.1 Å². The molecule has 0 fully saturated rings. The van der Waals surface area contributed by atoms with Crippen LogP contribution in [-0.4, -0.2) is 10.2 Å². The van der Waals surface area contributed by atoms with Gasteiger partial charge >= 0.3 is 0 Å². The summed E-state index contributed by atoms with van der Waals surface area (Å²) < 4.78 is 0. The van der Waals surface area contributed by atoms with Gasteiger partial charge in [-0.2, -0.15) is 0 Å². The highest BCUT2D eigenvalue weighted by atomic mass is 35.5. The van der Waals surface area contributed by atoms with Crippen molar-refractivity contribution < 1.29 is 4.79 Å². The Morgan fingerprint density at radius 3 is 2.44 bits per heavy atom. The molecule has 0 saturated heterocycles. The predicted octanol–water partition coefficient (Wildman–Crippen LogP) is 3.78. The van der Waals surface area contributed by atoms with Gasteiger partial charge in [-0.1, -0.05) is 41.9 Å². The SMILES string of the molecule is O=C(Cl)c1nccc(-c2ccccc2)c1Cl. The van der Waals surface area contributed by atoms with Gasteiger partial charge in [-0.25, -0.2) is 0 Å². The van der Waals surface area contributed by atoms with Crippen molar-refractivity contribution in [2.24, 2.45) is 0 Å². The Balaban J connectivity index is 2.59. The lowest BCUT2D eigenvalue weighted by Crippen LogP contribution is -1.96. The summed E-state index contributed by atoms with van der Waals surface area (Å²) in [6.45, 7) is 0. The quantitative estimate of drug-likeness (QED) is 0.761. The fourth-order valence-corrected chi connectivity index (χ4v) is 1.92. The molecule has 0 bridgehead atoms. The highest BCUT2D eigenvalue weighted by molar-refractivity contribution is 6.68. The van der Waals surface area contributed by atoms with Crippen molar-refractivity contribution >= 4 is 28.4 Å². The van der Waals surface area contributed by atoms with Crippen molar-refractivity contribution in [3.05, 3.63) is 53.3 Å². The molecule has 0 aliphatic rings. The maximum absolute atomic E-state index is 11.1. The highest BCUT2D eigenvalue weighted by Gasteiger charge is 2.13. The normalized spacial score (nSPS) is 10.1. The summed E-state index contributed by atoms with van der Waals surface area (Å²) in [5.74, 6) is 0. The first-order valence-corrected chi connectivity index (χ1v) is 5.35. The minimum absolute atomic E-state index is 0.0877. The van der Waals surface area contributed by atoms with E-state index in [1.165, 1.54) is 6.20 Å². The molecule has 80 valence electrons. The summed E-state index contributed by atoms with van der Waals surface area (Å²) in [6.07, 6.45) is 1.52. The van der Waals surface area contributed by atoms with Crippen molar-refractivity contribution in [2.75, 3.05) is 0 Å². The minimum atomic E-state index is -0.650. The van der Waals surface area contributed by atoms with Gasteiger partial charge in [0, 0.05) is 11.8 Å². The topological polar surface area (TPSA) is 30.0 Å². The fourth-order valence-electron chi connectivity index (χ4n) is 1.42. The number of nitrogens with zero attached hydrogens (tertiary/aromatic N) is 1. The molecule has 1 aromatic carbocycles. The van der Waals surface area contributed by atoms with E-state index in [0.717, 1.165) is 11.1 Å². The number of rotatable bonds is 2. The summed E-state index contributed by atoms with van der Waals surface area (Å²) in [5.41, 5.74) is 1.76. The van der Waals surface area contributed by atoms with E-state index in [2.05, 4.69) is 4.98 Å². The predicted molar refractivity (Wildman–Crippen MR) is 64.9 cm³/mol. The zero-order valence-corrected chi connectivity index (χ0v) is 9.66. The lowest BCUT2D eigenvalue weighted by atomic mass is 10.1. The van der Waals surface area contributed by atoms with Crippen molar-refractivity contribution in [3.63, 3.8) is 0 Å². The Bertz CT molecular complexity index is 526. The molecule has 2 aromatic rings. The van der Waals surface area contributed by atoms with Crippen LogP contribution in [0.2, 0.25) is 5.02 Å². The third kappa shape index (κ3) is 2.08. The van der Waals surface area contributed by atoms with Crippen LogP contribution < -0.4 is 0 Å². The monoisotopic (exact) mass is 251 g/mol. The average Bonchev–Trinajstić information content (AvgIpc) is 2.30. The van der Waals surface area contributed by atoms with E-state index >= 15 is 0 Å². The summed E-state index contributed by atoms with van der Waals surface area (Å²) >= 11 is 11.5. The van der Waals surface area contributed by atoms with E-state index in [1.54, 1.807) is 6.07 Å². The van der Waals surface area contributed by atoms with Gasteiger partial charge in [0.15, 0.2) is 0 Å². The van der Waals surface area contributed by atoms with Crippen molar-refractivity contribution in [1.29, 1.82) is 0 Å². The summed E-state index contributed by atoms with van der Waals surface area (Å²) in [6, 6.07) is 11.3. The summed E-state index contributed by atoms with van der Waals surface area (Å²) in [7, 11) is 0. The third-order valence-electron chi connectivity index (χ3n) is 2.16. The second kappa shape index (κ2) is 4.64. The lowest BCUT2D eigenvalue weighted by Gasteiger charge is -2.05. The molecule has 0 N–H and O–H groups in total. The first-order chi connectivity index (χ1) is 7.70. The van der Waals surface area contributed by atoms with Crippen LogP contribution >= 0.6 is 23.2 Å². The molecule has 2 rings (SSSR count). The molecule has 0 unspecified atom stereocenters. The molecular formula is C12H7Cl2NO. The number of hydrogen-bond acceptors (Lipinski definition) is 2. The fraction of sp³-hybridized carbons (Fsp3) is 0. The number of hydrogen-bond donors (Lipinski definition) is 0. The molecule has 16 heavy (non-hydrogen) atoms.